The van der Waals surface area contributed by atoms with Gasteiger partial charge in [-0.2, -0.15) is 13.2 Å². The van der Waals surface area contributed by atoms with E-state index in [2.05, 4.69) is 10.1 Å². The molecule has 30 heavy (non-hydrogen) atoms. The number of carbonyl (C=O) groups is 2. The summed E-state index contributed by atoms with van der Waals surface area (Å²) < 4.78 is 57.0. The highest BCUT2D eigenvalue weighted by Crippen LogP contribution is 2.34. The van der Waals surface area contributed by atoms with Gasteiger partial charge in [-0.1, -0.05) is 0 Å². The van der Waals surface area contributed by atoms with Crippen LogP contribution >= 0.6 is 0 Å². The first kappa shape index (κ1) is 22.9. The molecule has 0 saturated carbocycles. The third-order valence-electron chi connectivity index (χ3n) is 4.08. The van der Waals surface area contributed by atoms with Crippen molar-refractivity contribution >= 4 is 17.6 Å². The van der Waals surface area contributed by atoms with Crippen LogP contribution in [0.5, 0.6) is 11.5 Å². The van der Waals surface area contributed by atoms with Crippen LogP contribution in [0.25, 0.3) is 0 Å². The van der Waals surface area contributed by atoms with Gasteiger partial charge in [-0.15, -0.1) is 0 Å². The van der Waals surface area contributed by atoms with Crippen LogP contribution in [0.4, 0.5) is 18.9 Å². The average Bonchev–Trinajstić information content (AvgIpc) is 2.73. The van der Waals surface area contributed by atoms with E-state index in [0.29, 0.717) is 11.5 Å². The van der Waals surface area contributed by atoms with Crippen molar-refractivity contribution in [1.82, 2.24) is 5.32 Å². The number of hydrogen-bond donors (Lipinski definition) is 2. The molecule has 2 rings (SSSR count). The van der Waals surface area contributed by atoms with Gasteiger partial charge in [0.25, 0.3) is 5.91 Å². The van der Waals surface area contributed by atoms with Crippen molar-refractivity contribution in [2.75, 3.05) is 26.1 Å². The molecule has 1 atom stereocenters. The van der Waals surface area contributed by atoms with E-state index in [-0.39, 0.29) is 17.9 Å². The minimum Gasteiger partial charge on any atom is -0.497 e. The van der Waals surface area contributed by atoms with Gasteiger partial charge in [0.15, 0.2) is 0 Å². The van der Waals surface area contributed by atoms with Crippen LogP contribution in [0, 0.1) is 0 Å². The second-order valence-corrected chi connectivity index (χ2v) is 6.00. The summed E-state index contributed by atoms with van der Waals surface area (Å²) >= 11 is 0. The van der Waals surface area contributed by atoms with Crippen molar-refractivity contribution in [1.29, 1.82) is 0 Å². The number of rotatable bonds is 8. The first-order valence-corrected chi connectivity index (χ1v) is 8.79. The molecule has 2 aromatic rings. The Morgan fingerprint density at radius 1 is 0.900 bits per heavy atom. The summed E-state index contributed by atoms with van der Waals surface area (Å²) in [5.74, 6) is -2.02. The van der Waals surface area contributed by atoms with Gasteiger partial charge in [-0.05, 0) is 55.5 Å². The smallest absolute Gasteiger partial charge is 0.441 e. The Bertz CT molecular complexity index is 870. The number of nitrogens with one attached hydrogen (secondary N) is 2. The molecule has 0 radical (unpaired) electrons. The monoisotopic (exact) mass is 426 g/mol. The molecule has 1 amide bonds. The van der Waals surface area contributed by atoms with E-state index in [9.17, 15) is 22.8 Å². The standard InChI is InChI=1S/C20H21F3N2O5/c1-4-30-18(27)19(20(21,22)23,24-14-7-11-16(29-3)12-8-14)25-17(26)13-5-9-15(28-2)10-6-13/h5-12,24H,4H2,1-3H3,(H,25,26)/t19-/m0/s1. The molecular formula is C20H21F3N2O5. The van der Waals surface area contributed by atoms with Crippen molar-refractivity contribution < 1.29 is 37.0 Å². The van der Waals surface area contributed by atoms with E-state index in [1.165, 1.54) is 69.7 Å². The zero-order valence-corrected chi connectivity index (χ0v) is 16.5. The van der Waals surface area contributed by atoms with Crippen LogP contribution in [0.2, 0.25) is 0 Å². The quantitative estimate of drug-likeness (QED) is 0.497. The molecule has 10 heteroatoms. The van der Waals surface area contributed by atoms with E-state index in [1.54, 1.807) is 5.32 Å². The predicted molar refractivity (Wildman–Crippen MR) is 102 cm³/mol. The van der Waals surface area contributed by atoms with Gasteiger partial charge in [0.2, 0.25) is 0 Å². The van der Waals surface area contributed by atoms with Crippen LogP contribution < -0.4 is 20.1 Å². The van der Waals surface area contributed by atoms with Crippen molar-refractivity contribution in [2.45, 2.75) is 18.8 Å². The maximum atomic E-state index is 14.2. The number of amides is 1. The highest BCUT2D eigenvalue weighted by molar-refractivity contribution is 5.99. The number of anilines is 1. The Kier molecular flexibility index (Phi) is 7.14. The molecule has 2 N–H and O–H groups in total. The molecule has 0 fully saturated rings. The average molecular weight is 426 g/mol. The van der Waals surface area contributed by atoms with E-state index in [4.69, 9.17) is 9.47 Å². The van der Waals surface area contributed by atoms with Crippen molar-refractivity contribution in [2.24, 2.45) is 0 Å². The summed E-state index contributed by atoms with van der Waals surface area (Å²) in [6.07, 6.45) is -5.23. The molecule has 0 aliphatic rings. The minimum absolute atomic E-state index is 0.0868. The molecule has 7 nitrogen and oxygen atoms in total. The number of esters is 1. The van der Waals surface area contributed by atoms with Gasteiger partial charge in [-0.25, -0.2) is 4.79 Å². The van der Waals surface area contributed by atoms with Gasteiger partial charge in [0, 0.05) is 11.3 Å². The van der Waals surface area contributed by atoms with Gasteiger partial charge in [-0.3, -0.25) is 4.79 Å². The topological polar surface area (TPSA) is 85.9 Å². The van der Waals surface area contributed by atoms with Crippen molar-refractivity contribution in [3.05, 3.63) is 54.1 Å². The maximum Gasteiger partial charge on any atom is 0.441 e. The predicted octanol–water partition coefficient (Wildman–Crippen LogP) is 3.37. The summed E-state index contributed by atoms with van der Waals surface area (Å²) in [5, 5.41) is 3.84. The fourth-order valence-electron chi connectivity index (χ4n) is 2.51. The second-order valence-electron chi connectivity index (χ2n) is 6.00. The summed E-state index contributed by atoms with van der Waals surface area (Å²) in [5.41, 5.74) is -3.71. The Balaban J connectivity index is 2.46. The van der Waals surface area contributed by atoms with E-state index < -0.39 is 23.7 Å². The molecule has 0 aliphatic carbocycles. The van der Waals surface area contributed by atoms with Gasteiger partial charge < -0.3 is 24.8 Å². The zero-order valence-electron chi connectivity index (χ0n) is 16.5. The van der Waals surface area contributed by atoms with E-state index in [0.717, 1.165) is 0 Å². The van der Waals surface area contributed by atoms with Crippen LogP contribution in [-0.4, -0.2) is 44.5 Å². The molecule has 0 aliphatic heterocycles. The van der Waals surface area contributed by atoms with E-state index >= 15 is 0 Å². The highest BCUT2D eigenvalue weighted by atomic mass is 19.4. The van der Waals surface area contributed by atoms with Crippen molar-refractivity contribution in [3.63, 3.8) is 0 Å². The molecular weight excluding hydrogens is 405 g/mol. The fraction of sp³-hybridized carbons (Fsp3) is 0.300. The SMILES string of the molecule is CCOC(=O)[C@@](NC(=O)c1ccc(OC)cc1)(Nc1ccc(OC)cc1)C(F)(F)F. The highest BCUT2D eigenvalue weighted by Gasteiger charge is 2.63. The summed E-state index contributed by atoms with van der Waals surface area (Å²) in [6.45, 7) is 1.04. The molecule has 0 unspecified atom stereocenters. The van der Waals surface area contributed by atoms with Crippen LogP contribution in [-0.2, 0) is 9.53 Å². The van der Waals surface area contributed by atoms with Gasteiger partial charge in [0.1, 0.15) is 11.5 Å². The molecule has 0 spiro atoms. The number of hydrogen-bond acceptors (Lipinski definition) is 6. The number of benzene rings is 2. The van der Waals surface area contributed by atoms with Gasteiger partial charge >= 0.3 is 17.8 Å². The first-order chi connectivity index (χ1) is 14.2. The Morgan fingerprint density at radius 2 is 1.40 bits per heavy atom. The summed E-state index contributed by atoms with van der Waals surface area (Å²) in [7, 11) is 2.80. The number of ether oxygens (including phenoxy) is 3. The van der Waals surface area contributed by atoms with Crippen LogP contribution in [0.15, 0.2) is 48.5 Å². The number of methoxy groups -OCH3 is 2. The summed E-state index contributed by atoms with van der Waals surface area (Å²) in [4.78, 5) is 25.0. The van der Waals surface area contributed by atoms with E-state index in [1.807, 2.05) is 0 Å². The lowest BCUT2D eigenvalue weighted by atomic mass is 10.1. The molecule has 0 heterocycles. The van der Waals surface area contributed by atoms with Crippen LogP contribution in [0.1, 0.15) is 17.3 Å². The van der Waals surface area contributed by atoms with Crippen LogP contribution in [0.3, 0.4) is 0 Å². The minimum atomic E-state index is -5.23. The zero-order chi connectivity index (χ0) is 22.4. The third-order valence-corrected chi connectivity index (χ3v) is 4.08. The normalized spacial score (nSPS) is 13.0. The number of alkyl halides is 3. The number of halogens is 3. The Hall–Kier alpha value is -3.43. The Morgan fingerprint density at radius 3 is 1.83 bits per heavy atom. The fourth-order valence-corrected chi connectivity index (χ4v) is 2.51. The molecule has 0 aromatic heterocycles. The largest absolute Gasteiger partial charge is 0.497 e. The lowest BCUT2D eigenvalue weighted by Crippen LogP contribution is -2.69. The maximum absolute atomic E-state index is 14.2. The second kappa shape index (κ2) is 9.38. The van der Waals surface area contributed by atoms with Crippen molar-refractivity contribution in [3.8, 4) is 11.5 Å². The third kappa shape index (κ3) is 4.94. The lowest BCUT2D eigenvalue weighted by molar-refractivity contribution is -0.204. The molecule has 0 saturated heterocycles. The lowest BCUT2D eigenvalue weighted by Gasteiger charge is -2.35. The Labute approximate surface area is 171 Å². The molecule has 162 valence electrons. The first-order valence-electron chi connectivity index (χ1n) is 8.79. The van der Waals surface area contributed by atoms with Gasteiger partial charge in [0.05, 0.1) is 20.8 Å². The summed E-state index contributed by atoms with van der Waals surface area (Å²) in [6, 6.07) is 10.7. The molecule has 2 aromatic carbocycles. The number of carbonyl (C=O) groups excluding carboxylic acids is 2. The molecule has 0 bridgehead atoms.